The van der Waals surface area contributed by atoms with E-state index in [1.807, 2.05) is 61.5 Å². The second-order valence-corrected chi connectivity index (χ2v) is 5.91. The highest BCUT2D eigenvalue weighted by molar-refractivity contribution is 5.95. The van der Waals surface area contributed by atoms with Crippen LogP contribution in [0.1, 0.15) is 18.1 Å². The summed E-state index contributed by atoms with van der Waals surface area (Å²) in [4.78, 5) is 0. The molecule has 0 atom stereocenters. The van der Waals surface area contributed by atoms with Crippen LogP contribution >= 0.6 is 0 Å². The van der Waals surface area contributed by atoms with Crippen LogP contribution in [0.15, 0.2) is 54.6 Å². The molecule has 0 unspecified atom stereocenters. The van der Waals surface area contributed by atoms with Gasteiger partial charge in [0.05, 0.1) is 18.2 Å². The van der Waals surface area contributed by atoms with E-state index in [0.717, 1.165) is 21.9 Å². The number of rotatable bonds is 4. The molecular weight excluding hydrogens is 326 g/mol. The number of benzene rings is 3. The number of hydrogen-bond acceptors (Lipinski definition) is 4. The molecule has 0 aliphatic carbocycles. The van der Waals surface area contributed by atoms with E-state index < -0.39 is 0 Å². The molecule has 0 spiro atoms. The number of allylic oxidation sites excluding steroid dienone is 1. The molecule has 0 radical (unpaired) electrons. The molecule has 1 aliphatic heterocycles. The van der Waals surface area contributed by atoms with Crippen LogP contribution < -0.4 is 14.2 Å². The van der Waals surface area contributed by atoms with Crippen molar-refractivity contribution in [1.29, 1.82) is 5.26 Å². The van der Waals surface area contributed by atoms with Crippen LogP contribution in [0.3, 0.4) is 0 Å². The standard InChI is InChI=1S/C22H17NO3/c1-2-24-20-12-22-21(25-14-26-22)11-18(20)10-19(13-23)17-8-7-15-5-3-4-6-16(15)9-17/h3-12H,2,14H2,1H3/b19-10-. The number of hydrogen-bond donors (Lipinski definition) is 0. The van der Waals surface area contributed by atoms with E-state index in [4.69, 9.17) is 14.2 Å². The van der Waals surface area contributed by atoms with Gasteiger partial charge in [-0.05, 0) is 41.5 Å². The average molecular weight is 343 g/mol. The summed E-state index contributed by atoms with van der Waals surface area (Å²) in [6.07, 6.45) is 1.83. The molecule has 3 aromatic rings. The molecule has 4 heteroatoms. The van der Waals surface area contributed by atoms with Crippen molar-refractivity contribution in [2.75, 3.05) is 13.4 Å². The topological polar surface area (TPSA) is 51.5 Å². The first-order valence-electron chi connectivity index (χ1n) is 8.46. The van der Waals surface area contributed by atoms with Crippen molar-refractivity contribution in [3.63, 3.8) is 0 Å². The molecule has 3 aromatic carbocycles. The molecular formula is C22H17NO3. The Labute approximate surface area is 151 Å². The van der Waals surface area contributed by atoms with Crippen molar-refractivity contribution < 1.29 is 14.2 Å². The van der Waals surface area contributed by atoms with Gasteiger partial charge in [0.2, 0.25) is 6.79 Å². The molecule has 26 heavy (non-hydrogen) atoms. The van der Waals surface area contributed by atoms with Crippen molar-refractivity contribution in [2.24, 2.45) is 0 Å². The Morgan fingerprint density at radius 3 is 2.62 bits per heavy atom. The fourth-order valence-corrected chi connectivity index (χ4v) is 3.02. The van der Waals surface area contributed by atoms with Crippen LogP contribution in [0, 0.1) is 11.3 Å². The molecule has 0 bridgehead atoms. The van der Waals surface area contributed by atoms with E-state index >= 15 is 0 Å². The minimum absolute atomic E-state index is 0.198. The van der Waals surface area contributed by atoms with Gasteiger partial charge in [0, 0.05) is 11.6 Å². The third-order valence-electron chi connectivity index (χ3n) is 4.29. The first-order chi connectivity index (χ1) is 12.8. The first kappa shape index (κ1) is 16.0. The van der Waals surface area contributed by atoms with Gasteiger partial charge in [-0.15, -0.1) is 0 Å². The van der Waals surface area contributed by atoms with Gasteiger partial charge >= 0.3 is 0 Å². The molecule has 0 aromatic heterocycles. The van der Waals surface area contributed by atoms with E-state index in [9.17, 15) is 5.26 Å². The number of ether oxygens (including phenoxy) is 3. The minimum atomic E-state index is 0.198. The van der Waals surface area contributed by atoms with Crippen molar-refractivity contribution >= 4 is 22.4 Å². The summed E-state index contributed by atoms with van der Waals surface area (Å²) in [5.74, 6) is 2.00. The fraction of sp³-hybridized carbons (Fsp3) is 0.136. The van der Waals surface area contributed by atoms with Crippen LogP contribution in [0.5, 0.6) is 17.2 Å². The quantitative estimate of drug-likeness (QED) is 0.492. The van der Waals surface area contributed by atoms with Gasteiger partial charge in [-0.25, -0.2) is 0 Å². The zero-order valence-corrected chi connectivity index (χ0v) is 14.4. The molecule has 0 fully saturated rings. The van der Waals surface area contributed by atoms with Crippen LogP contribution in [0.2, 0.25) is 0 Å². The SMILES string of the molecule is CCOc1cc2c(cc1/C=C(/C#N)c1ccc3ccccc3c1)OCO2. The van der Waals surface area contributed by atoms with Gasteiger partial charge < -0.3 is 14.2 Å². The van der Waals surface area contributed by atoms with Crippen molar-refractivity contribution in [3.8, 4) is 23.3 Å². The zero-order chi connectivity index (χ0) is 17.9. The lowest BCUT2D eigenvalue weighted by atomic mass is 10.00. The molecule has 128 valence electrons. The Hall–Kier alpha value is -3.45. The first-order valence-corrected chi connectivity index (χ1v) is 8.46. The summed E-state index contributed by atoms with van der Waals surface area (Å²) in [5, 5.41) is 12.0. The van der Waals surface area contributed by atoms with Gasteiger partial charge in [0.15, 0.2) is 11.5 Å². The van der Waals surface area contributed by atoms with Crippen molar-refractivity contribution in [1.82, 2.24) is 0 Å². The van der Waals surface area contributed by atoms with Crippen molar-refractivity contribution in [2.45, 2.75) is 6.92 Å². The Balaban J connectivity index is 1.80. The minimum Gasteiger partial charge on any atom is -0.493 e. The summed E-state index contributed by atoms with van der Waals surface area (Å²) in [5.41, 5.74) is 2.22. The lowest BCUT2D eigenvalue weighted by Crippen LogP contribution is -1.94. The predicted octanol–water partition coefficient (Wildman–Crippen LogP) is 5.03. The summed E-state index contributed by atoms with van der Waals surface area (Å²) < 4.78 is 16.6. The van der Waals surface area contributed by atoms with Gasteiger partial charge in [-0.1, -0.05) is 36.4 Å². The van der Waals surface area contributed by atoms with Gasteiger partial charge in [0.1, 0.15) is 5.75 Å². The Morgan fingerprint density at radius 1 is 1.08 bits per heavy atom. The molecule has 1 aliphatic rings. The van der Waals surface area contributed by atoms with Crippen LogP contribution in [0.25, 0.3) is 22.4 Å². The number of nitrogens with zero attached hydrogens (tertiary/aromatic N) is 1. The smallest absolute Gasteiger partial charge is 0.231 e. The zero-order valence-electron chi connectivity index (χ0n) is 14.4. The van der Waals surface area contributed by atoms with Crippen molar-refractivity contribution in [3.05, 3.63) is 65.7 Å². The Morgan fingerprint density at radius 2 is 1.85 bits per heavy atom. The van der Waals surface area contributed by atoms with Gasteiger partial charge in [-0.3, -0.25) is 0 Å². The lowest BCUT2D eigenvalue weighted by Gasteiger charge is -2.10. The normalized spacial score (nSPS) is 12.8. The molecule has 0 saturated carbocycles. The second-order valence-electron chi connectivity index (χ2n) is 5.91. The molecule has 4 rings (SSSR count). The van der Waals surface area contributed by atoms with E-state index in [1.54, 1.807) is 0 Å². The Bertz CT molecular complexity index is 1050. The monoisotopic (exact) mass is 343 g/mol. The van der Waals surface area contributed by atoms with Crippen LogP contribution in [0.4, 0.5) is 0 Å². The predicted molar refractivity (Wildman–Crippen MR) is 101 cm³/mol. The molecule has 0 amide bonds. The maximum absolute atomic E-state index is 9.71. The highest BCUT2D eigenvalue weighted by Gasteiger charge is 2.18. The summed E-state index contributed by atoms with van der Waals surface area (Å²) in [7, 11) is 0. The molecule has 0 N–H and O–H groups in total. The van der Waals surface area contributed by atoms with E-state index in [1.165, 1.54) is 0 Å². The summed E-state index contributed by atoms with van der Waals surface area (Å²) in [6, 6.07) is 20.1. The number of fused-ring (bicyclic) bond motifs is 2. The number of nitriles is 1. The lowest BCUT2D eigenvalue weighted by molar-refractivity contribution is 0.174. The van der Waals surface area contributed by atoms with E-state index in [-0.39, 0.29) is 6.79 Å². The van der Waals surface area contributed by atoms with E-state index in [0.29, 0.717) is 29.4 Å². The van der Waals surface area contributed by atoms with Gasteiger partial charge in [0.25, 0.3) is 0 Å². The Kier molecular flexibility index (Phi) is 4.20. The summed E-state index contributed by atoms with van der Waals surface area (Å²) in [6.45, 7) is 2.65. The largest absolute Gasteiger partial charge is 0.493 e. The third-order valence-corrected chi connectivity index (χ3v) is 4.29. The second kappa shape index (κ2) is 6.81. The van der Waals surface area contributed by atoms with E-state index in [2.05, 4.69) is 12.1 Å². The highest BCUT2D eigenvalue weighted by atomic mass is 16.7. The maximum Gasteiger partial charge on any atom is 0.231 e. The highest BCUT2D eigenvalue weighted by Crippen LogP contribution is 2.39. The van der Waals surface area contributed by atoms with Crippen LogP contribution in [-0.4, -0.2) is 13.4 Å². The third kappa shape index (κ3) is 2.96. The van der Waals surface area contributed by atoms with Gasteiger partial charge in [-0.2, -0.15) is 5.26 Å². The van der Waals surface area contributed by atoms with Crippen LogP contribution in [-0.2, 0) is 0 Å². The fourth-order valence-electron chi connectivity index (χ4n) is 3.02. The maximum atomic E-state index is 9.71. The summed E-state index contributed by atoms with van der Waals surface area (Å²) >= 11 is 0. The molecule has 4 nitrogen and oxygen atoms in total. The molecule has 1 heterocycles. The molecule has 0 saturated heterocycles. The average Bonchev–Trinajstić information content (AvgIpc) is 3.13.